The van der Waals surface area contributed by atoms with Gasteiger partial charge in [-0.1, -0.05) is 170 Å². The molecule has 0 radical (unpaired) electrons. The summed E-state index contributed by atoms with van der Waals surface area (Å²) in [5.74, 6) is 0. The molecule has 0 atom stereocenters. The first-order valence-electron chi connectivity index (χ1n) is 19.4. The normalized spacial score (nSPS) is 11.4. The van der Waals surface area contributed by atoms with Crippen molar-refractivity contribution >= 4 is 65.8 Å². The van der Waals surface area contributed by atoms with Crippen LogP contribution in [0.15, 0.2) is 194 Å². The van der Waals surface area contributed by atoms with Gasteiger partial charge < -0.3 is 10.6 Å². The zero-order chi connectivity index (χ0) is 37.6. The van der Waals surface area contributed by atoms with E-state index in [9.17, 15) is 0 Å². The molecule has 10 rings (SSSR count). The van der Waals surface area contributed by atoms with E-state index in [-0.39, 0.29) is 0 Å². The molecule has 10 aromatic rings. The molecule has 0 aliphatic rings. The van der Waals surface area contributed by atoms with E-state index < -0.39 is 0 Å². The fourth-order valence-corrected chi connectivity index (χ4v) is 8.61. The van der Waals surface area contributed by atoms with Gasteiger partial charge in [0.1, 0.15) is 0 Å². The van der Waals surface area contributed by atoms with E-state index in [1.54, 1.807) is 0 Å². The third-order valence-corrected chi connectivity index (χ3v) is 11.3. The zero-order valence-corrected chi connectivity index (χ0v) is 31.5. The van der Waals surface area contributed by atoms with Crippen molar-refractivity contribution in [3.8, 4) is 33.4 Å². The lowest BCUT2D eigenvalue weighted by molar-refractivity contribution is 1.46. The Morgan fingerprint density at radius 1 is 0.268 bits per heavy atom. The van der Waals surface area contributed by atoms with Crippen LogP contribution in [-0.2, 0) is 0 Å². The summed E-state index contributed by atoms with van der Waals surface area (Å²) in [6.07, 6.45) is 0. The van der Waals surface area contributed by atoms with Crippen LogP contribution in [0.2, 0.25) is 0 Å². The number of anilines is 4. The Bertz CT molecular complexity index is 2760. The smallest absolute Gasteiger partial charge is 0.0544 e. The third-order valence-electron chi connectivity index (χ3n) is 11.3. The zero-order valence-electron chi connectivity index (χ0n) is 31.5. The molecule has 2 heteroatoms. The fourth-order valence-electron chi connectivity index (χ4n) is 8.61. The molecule has 56 heavy (non-hydrogen) atoms. The number of nitrogens with one attached hydrogen (secondary N) is 2. The Labute approximate surface area is 327 Å². The van der Waals surface area contributed by atoms with E-state index in [1.165, 1.54) is 87.6 Å². The van der Waals surface area contributed by atoms with Crippen LogP contribution >= 0.6 is 0 Å². The van der Waals surface area contributed by atoms with Gasteiger partial charge in [-0.15, -0.1) is 0 Å². The van der Waals surface area contributed by atoms with Crippen molar-refractivity contribution in [2.75, 3.05) is 10.6 Å². The van der Waals surface area contributed by atoms with Gasteiger partial charge in [0.05, 0.1) is 11.4 Å². The van der Waals surface area contributed by atoms with Crippen molar-refractivity contribution in [2.24, 2.45) is 0 Å². The van der Waals surface area contributed by atoms with Crippen molar-refractivity contribution in [1.82, 2.24) is 0 Å². The van der Waals surface area contributed by atoms with Crippen molar-refractivity contribution in [1.29, 1.82) is 0 Å². The quantitative estimate of drug-likeness (QED) is 0.161. The van der Waals surface area contributed by atoms with Crippen LogP contribution in [-0.4, -0.2) is 0 Å². The van der Waals surface area contributed by atoms with Gasteiger partial charge in [-0.05, 0) is 104 Å². The minimum absolute atomic E-state index is 1.06. The van der Waals surface area contributed by atoms with Crippen molar-refractivity contribution < 1.29 is 0 Å². The van der Waals surface area contributed by atoms with Gasteiger partial charge in [0.2, 0.25) is 0 Å². The highest BCUT2D eigenvalue weighted by molar-refractivity contribution is 6.29. The summed E-state index contributed by atoms with van der Waals surface area (Å²) in [7, 11) is 0. The van der Waals surface area contributed by atoms with Crippen LogP contribution < -0.4 is 10.6 Å². The maximum atomic E-state index is 3.88. The fraction of sp³-hybridized carbons (Fsp3) is 0.0370. The van der Waals surface area contributed by atoms with E-state index in [0.717, 1.165) is 22.7 Å². The molecule has 0 saturated carbocycles. The highest BCUT2D eigenvalue weighted by Gasteiger charge is 2.21. The third kappa shape index (κ3) is 5.75. The van der Waals surface area contributed by atoms with Gasteiger partial charge in [-0.3, -0.25) is 0 Å². The lowest BCUT2D eigenvalue weighted by atomic mass is 9.84. The molecule has 0 aliphatic heterocycles. The topological polar surface area (TPSA) is 24.1 Å². The molecule has 10 aromatic carbocycles. The Balaban J connectivity index is 1.14. The van der Waals surface area contributed by atoms with Gasteiger partial charge in [-0.25, -0.2) is 0 Å². The van der Waals surface area contributed by atoms with E-state index in [0.29, 0.717) is 0 Å². The molecular weight excluding hydrogens is 677 g/mol. The Hall–Kier alpha value is -7.16. The summed E-state index contributed by atoms with van der Waals surface area (Å²) < 4.78 is 0. The number of hydrogen-bond acceptors (Lipinski definition) is 2. The second kappa shape index (κ2) is 13.9. The highest BCUT2D eigenvalue weighted by Crippen LogP contribution is 2.49. The second-order valence-corrected chi connectivity index (χ2v) is 14.7. The minimum atomic E-state index is 1.06. The number of benzene rings is 10. The first kappa shape index (κ1) is 33.4. The van der Waals surface area contributed by atoms with Crippen molar-refractivity contribution in [3.63, 3.8) is 0 Å². The van der Waals surface area contributed by atoms with E-state index in [4.69, 9.17) is 0 Å². The van der Waals surface area contributed by atoms with Crippen molar-refractivity contribution in [3.05, 3.63) is 205 Å². The van der Waals surface area contributed by atoms with Crippen LogP contribution in [0.1, 0.15) is 11.1 Å². The van der Waals surface area contributed by atoms with E-state index >= 15 is 0 Å². The highest BCUT2D eigenvalue weighted by atomic mass is 14.9. The number of rotatable bonds is 7. The van der Waals surface area contributed by atoms with Gasteiger partial charge in [0.25, 0.3) is 0 Å². The van der Waals surface area contributed by atoms with Crippen LogP contribution in [0.5, 0.6) is 0 Å². The molecule has 2 nitrogen and oxygen atoms in total. The van der Waals surface area contributed by atoms with Crippen LogP contribution in [0.3, 0.4) is 0 Å². The maximum absolute atomic E-state index is 3.88. The first-order valence-corrected chi connectivity index (χ1v) is 19.4. The SMILES string of the molecule is Cc1ccccc1-c1ccc(Nc2c3ccccc3c(-c3c4ccccc4c(Nc4ccc(-c5ccccc5C)cc4)c4ccccc34)c3ccccc23)cc1. The maximum Gasteiger partial charge on any atom is 0.0544 e. The molecule has 2 N–H and O–H groups in total. The number of aryl methyl sites for hydroxylation is 2. The molecule has 0 spiro atoms. The summed E-state index contributed by atoms with van der Waals surface area (Å²) in [5.41, 5.74) is 14.4. The molecule has 0 bridgehead atoms. The monoisotopic (exact) mass is 716 g/mol. The van der Waals surface area contributed by atoms with E-state index in [2.05, 4.69) is 219 Å². The molecule has 266 valence electrons. The average molecular weight is 717 g/mol. The lowest BCUT2D eigenvalue weighted by Gasteiger charge is -2.22. The molecule has 0 amide bonds. The van der Waals surface area contributed by atoms with E-state index in [1.807, 2.05) is 0 Å². The summed E-state index contributed by atoms with van der Waals surface area (Å²) in [6, 6.07) is 70.3. The summed E-state index contributed by atoms with van der Waals surface area (Å²) in [4.78, 5) is 0. The molecule has 0 saturated heterocycles. The van der Waals surface area contributed by atoms with Crippen molar-refractivity contribution in [2.45, 2.75) is 13.8 Å². The molecule has 0 aliphatic carbocycles. The van der Waals surface area contributed by atoms with Crippen LogP contribution in [0, 0.1) is 13.8 Å². The summed E-state index contributed by atoms with van der Waals surface area (Å²) >= 11 is 0. The predicted octanol–water partition coefficient (Wildman–Crippen LogP) is 15.4. The Morgan fingerprint density at radius 3 is 0.839 bits per heavy atom. The second-order valence-electron chi connectivity index (χ2n) is 14.7. The van der Waals surface area contributed by atoms with Crippen LogP contribution in [0.25, 0.3) is 76.5 Å². The first-order chi connectivity index (χ1) is 27.6. The van der Waals surface area contributed by atoms with Gasteiger partial charge in [-0.2, -0.15) is 0 Å². The summed E-state index contributed by atoms with van der Waals surface area (Å²) in [5, 5.41) is 17.4. The summed E-state index contributed by atoms with van der Waals surface area (Å²) in [6.45, 7) is 4.34. The predicted molar refractivity (Wildman–Crippen MR) is 242 cm³/mol. The largest absolute Gasteiger partial charge is 0.355 e. The molecule has 0 heterocycles. The lowest BCUT2D eigenvalue weighted by Crippen LogP contribution is -1.98. The molecule has 0 unspecified atom stereocenters. The molecular formula is C54H40N2. The number of hydrogen-bond donors (Lipinski definition) is 2. The van der Waals surface area contributed by atoms with Gasteiger partial charge >= 0.3 is 0 Å². The van der Waals surface area contributed by atoms with Gasteiger partial charge in [0, 0.05) is 32.9 Å². The molecule has 0 fully saturated rings. The minimum Gasteiger partial charge on any atom is -0.355 e. The molecule has 0 aromatic heterocycles. The van der Waals surface area contributed by atoms with Crippen LogP contribution in [0.4, 0.5) is 22.7 Å². The average Bonchev–Trinajstić information content (AvgIpc) is 3.25. The van der Waals surface area contributed by atoms with Gasteiger partial charge in [0.15, 0.2) is 0 Å². The number of fused-ring (bicyclic) bond motifs is 4. The standard InChI is InChI=1S/C54H40N2/c1-35-15-3-5-17-41(35)37-27-31-39(32-28-37)55-53-47-23-11-7-19-43(47)51(44-20-8-12-24-48(44)53)52-45-21-9-13-25-49(45)54(50-26-14-10-22-46(50)52)56-40-33-29-38(30-34-40)42-18-6-4-16-36(42)2/h3-34,55-56H,1-2H3. The Kier molecular flexibility index (Phi) is 8.30. The Morgan fingerprint density at radius 2 is 0.536 bits per heavy atom.